The van der Waals surface area contributed by atoms with Crippen molar-refractivity contribution in [1.82, 2.24) is 0 Å². The third kappa shape index (κ3) is 2.45. The Labute approximate surface area is 130 Å². The number of benzene rings is 1. The van der Waals surface area contributed by atoms with Crippen molar-refractivity contribution in [1.29, 1.82) is 0 Å². The number of thiophene rings is 1. The highest BCUT2D eigenvalue weighted by Gasteiger charge is 2.29. The van der Waals surface area contributed by atoms with Crippen molar-refractivity contribution in [3.63, 3.8) is 0 Å². The molecule has 5 heteroatoms. The van der Waals surface area contributed by atoms with Crippen LogP contribution < -0.4 is 9.47 Å². The van der Waals surface area contributed by atoms with Gasteiger partial charge in [-0.05, 0) is 47.1 Å². The molecule has 0 radical (unpaired) electrons. The lowest BCUT2D eigenvalue weighted by atomic mass is 9.98. The number of hydrogen-bond acceptors (Lipinski definition) is 4. The largest absolute Gasteiger partial charge is 0.497 e. The van der Waals surface area contributed by atoms with Crippen molar-refractivity contribution in [2.45, 2.75) is 25.6 Å². The quantitative estimate of drug-likeness (QED) is 0.869. The SMILES string of the molecule is COc1ccc2c(c1)[C@@H](O)CC(c1cc(Br)c(C)s1)O2. The second-order valence-corrected chi connectivity index (χ2v) is 6.96. The molecule has 0 spiro atoms. The molecule has 0 fully saturated rings. The predicted molar refractivity (Wildman–Crippen MR) is 82.7 cm³/mol. The first-order valence-electron chi connectivity index (χ1n) is 6.37. The van der Waals surface area contributed by atoms with E-state index in [1.54, 1.807) is 18.4 Å². The molecule has 20 heavy (non-hydrogen) atoms. The van der Waals surface area contributed by atoms with Gasteiger partial charge >= 0.3 is 0 Å². The summed E-state index contributed by atoms with van der Waals surface area (Å²) in [6.45, 7) is 2.07. The Balaban J connectivity index is 1.92. The van der Waals surface area contributed by atoms with Gasteiger partial charge in [0.05, 0.1) is 13.2 Å². The number of aliphatic hydroxyl groups excluding tert-OH is 1. The van der Waals surface area contributed by atoms with Gasteiger partial charge in [-0.2, -0.15) is 0 Å². The second-order valence-electron chi connectivity index (χ2n) is 4.81. The maximum absolute atomic E-state index is 10.3. The summed E-state index contributed by atoms with van der Waals surface area (Å²) in [6.07, 6.45) is -0.0621. The Kier molecular flexibility index (Phi) is 3.75. The lowest BCUT2D eigenvalue weighted by molar-refractivity contribution is 0.0671. The third-order valence-electron chi connectivity index (χ3n) is 3.48. The number of hydrogen-bond donors (Lipinski definition) is 1. The van der Waals surface area contributed by atoms with E-state index in [4.69, 9.17) is 9.47 Å². The molecule has 2 atom stereocenters. The lowest BCUT2D eigenvalue weighted by Gasteiger charge is -2.29. The van der Waals surface area contributed by atoms with Crippen LogP contribution in [0.5, 0.6) is 11.5 Å². The van der Waals surface area contributed by atoms with Crippen LogP contribution in [0.15, 0.2) is 28.7 Å². The number of halogens is 1. The van der Waals surface area contributed by atoms with E-state index in [1.807, 2.05) is 18.2 Å². The van der Waals surface area contributed by atoms with E-state index in [0.717, 1.165) is 26.4 Å². The van der Waals surface area contributed by atoms with Crippen molar-refractivity contribution >= 4 is 27.3 Å². The fourth-order valence-electron chi connectivity index (χ4n) is 2.37. The fraction of sp³-hybridized carbons (Fsp3) is 0.333. The van der Waals surface area contributed by atoms with Crippen LogP contribution in [0.3, 0.4) is 0 Å². The van der Waals surface area contributed by atoms with E-state index < -0.39 is 6.10 Å². The fourth-order valence-corrected chi connectivity index (χ4v) is 3.97. The van der Waals surface area contributed by atoms with Crippen molar-refractivity contribution in [3.8, 4) is 11.5 Å². The van der Waals surface area contributed by atoms with Gasteiger partial charge in [0.15, 0.2) is 0 Å². The molecule has 1 aromatic carbocycles. The monoisotopic (exact) mass is 354 g/mol. The lowest BCUT2D eigenvalue weighted by Crippen LogP contribution is -2.18. The van der Waals surface area contributed by atoms with Gasteiger partial charge in [0.2, 0.25) is 0 Å². The van der Waals surface area contributed by atoms with Gasteiger partial charge in [-0.1, -0.05) is 0 Å². The molecular formula is C15H15BrO3S. The minimum atomic E-state index is -0.528. The van der Waals surface area contributed by atoms with E-state index in [1.165, 1.54) is 4.88 Å². The summed E-state index contributed by atoms with van der Waals surface area (Å²) in [5, 5.41) is 10.3. The molecule has 3 rings (SSSR count). The minimum absolute atomic E-state index is 0.0964. The summed E-state index contributed by atoms with van der Waals surface area (Å²) in [5.74, 6) is 1.47. The summed E-state index contributed by atoms with van der Waals surface area (Å²) in [6, 6.07) is 7.63. The third-order valence-corrected chi connectivity index (χ3v) is 5.70. The standard InChI is InChI=1S/C15H15BrO3S/c1-8-11(16)6-15(20-8)14-7-12(17)10-5-9(18-2)3-4-13(10)19-14/h3-6,12,14,17H,7H2,1-2H3/t12-,14?/m0/s1. The minimum Gasteiger partial charge on any atom is -0.497 e. The molecule has 0 saturated carbocycles. The molecule has 106 valence electrons. The molecule has 0 saturated heterocycles. The zero-order valence-electron chi connectivity index (χ0n) is 11.2. The highest BCUT2D eigenvalue weighted by atomic mass is 79.9. The summed E-state index contributed by atoms with van der Waals surface area (Å²) in [5.41, 5.74) is 0.799. The molecule has 2 heterocycles. The molecule has 2 aromatic rings. The smallest absolute Gasteiger partial charge is 0.136 e. The average Bonchev–Trinajstić information content (AvgIpc) is 2.78. The first kappa shape index (κ1) is 13.9. The molecule has 0 amide bonds. The van der Waals surface area contributed by atoms with Crippen molar-refractivity contribution in [3.05, 3.63) is 44.1 Å². The van der Waals surface area contributed by atoms with Crippen molar-refractivity contribution in [2.24, 2.45) is 0 Å². The average molecular weight is 355 g/mol. The normalized spacial score (nSPS) is 21.2. The van der Waals surface area contributed by atoms with E-state index in [0.29, 0.717) is 6.42 Å². The molecule has 0 bridgehead atoms. The van der Waals surface area contributed by atoms with E-state index in [9.17, 15) is 5.11 Å². The first-order chi connectivity index (χ1) is 9.58. The molecule has 1 N–H and O–H groups in total. The molecular weight excluding hydrogens is 340 g/mol. The molecule has 3 nitrogen and oxygen atoms in total. The van der Waals surface area contributed by atoms with Crippen LogP contribution in [0.1, 0.15) is 33.9 Å². The number of methoxy groups -OCH3 is 1. The predicted octanol–water partition coefficient (Wildman–Crippen LogP) is 4.38. The van der Waals surface area contributed by atoms with E-state index >= 15 is 0 Å². The summed E-state index contributed by atoms with van der Waals surface area (Å²) in [4.78, 5) is 2.36. The molecule has 1 aliphatic heterocycles. The molecule has 1 aromatic heterocycles. The zero-order valence-corrected chi connectivity index (χ0v) is 13.6. The Morgan fingerprint density at radius 3 is 2.85 bits per heavy atom. The number of aryl methyl sites for hydroxylation is 1. The summed E-state index contributed by atoms with van der Waals surface area (Å²) < 4.78 is 12.3. The van der Waals surface area contributed by atoms with Crippen LogP contribution in [-0.4, -0.2) is 12.2 Å². The molecule has 0 aliphatic carbocycles. The van der Waals surface area contributed by atoms with Crippen LogP contribution in [0.25, 0.3) is 0 Å². The first-order valence-corrected chi connectivity index (χ1v) is 7.98. The van der Waals surface area contributed by atoms with Gasteiger partial charge in [0.25, 0.3) is 0 Å². The van der Waals surface area contributed by atoms with Gasteiger partial charge in [0.1, 0.15) is 17.6 Å². The maximum Gasteiger partial charge on any atom is 0.136 e. The molecule has 1 aliphatic rings. The summed E-state index contributed by atoms with van der Waals surface area (Å²) in [7, 11) is 1.62. The van der Waals surface area contributed by atoms with Crippen molar-refractivity contribution in [2.75, 3.05) is 7.11 Å². The van der Waals surface area contributed by atoms with Gasteiger partial charge in [-0.15, -0.1) is 11.3 Å². The summed E-state index contributed by atoms with van der Waals surface area (Å²) >= 11 is 5.22. The van der Waals surface area contributed by atoms with Gasteiger partial charge in [-0.25, -0.2) is 0 Å². The Hall–Kier alpha value is -1.04. The Morgan fingerprint density at radius 2 is 2.20 bits per heavy atom. The second kappa shape index (κ2) is 5.39. The van der Waals surface area contributed by atoms with E-state index in [-0.39, 0.29) is 6.10 Å². The maximum atomic E-state index is 10.3. The van der Waals surface area contributed by atoms with Gasteiger partial charge < -0.3 is 14.6 Å². The van der Waals surface area contributed by atoms with Gasteiger partial charge in [0, 0.05) is 26.2 Å². The van der Waals surface area contributed by atoms with Crippen LogP contribution >= 0.6 is 27.3 Å². The molecule has 1 unspecified atom stereocenters. The Morgan fingerprint density at radius 1 is 1.40 bits per heavy atom. The van der Waals surface area contributed by atoms with E-state index in [2.05, 4.69) is 28.9 Å². The van der Waals surface area contributed by atoms with Crippen LogP contribution in [0, 0.1) is 6.92 Å². The number of aliphatic hydroxyl groups is 1. The zero-order chi connectivity index (χ0) is 14.3. The number of rotatable bonds is 2. The van der Waals surface area contributed by atoms with Crippen LogP contribution in [-0.2, 0) is 0 Å². The van der Waals surface area contributed by atoms with Crippen LogP contribution in [0.4, 0.5) is 0 Å². The Bertz CT molecular complexity index is 619. The van der Waals surface area contributed by atoms with Crippen molar-refractivity contribution < 1.29 is 14.6 Å². The van der Waals surface area contributed by atoms with Crippen LogP contribution in [0.2, 0.25) is 0 Å². The highest BCUT2D eigenvalue weighted by Crippen LogP contribution is 2.44. The number of ether oxygens (including phenoxy) is 2. The van der Waals surface area contributed by atoms with Gasteiger partial charge in [-0.3, -0.25) is 0 Å². The number of fused-ring (bicyclic) bond motifs is 1. The topological polar surface area (TPSA) is 38.7 Å². The highest BCUT2D eigenvalue weighted by molar-refractivity contribution is 9.10.